The molecule has 0 aromatic heterocycles. The minimum absolute atomic E-state index is 0.353. The second-order valence-electron chi connectivity index (χ2n) is 6.36. The Bertz CT molecular complexity index is 760. The molecule has 0 radical (unpaired) electrons. The second kappa shape index (κ2) is 8.03. The summed E-state index contributed by atoms with van der Waals surface area (Å²) < 4.78 is 9.92. The highest BCUT2D eigenvalue weighted by atomic mass is 16.5. The monoisotopic (exact) mass is 372 g/mol. The van der Waals surface area contributed by atoms with Gasteiger partial charge in [-0.15, -0.1) is 0 Å². The first kappa shape index (κ1) is 18.6. The molecule has 1 aromatic rings. The number of esters is 1. The molecule has 0 unspecified atom stereocenters. The lowest BCUT2D eigenvalue weighted by atomic mass is 9.85. The second-order valence-corrected chi connectivity index (χ2v) is 6.36. The van der Waals surface area contributed by atoms with Crippen LogP contribution in [0.1, 0.15) is 12.8 Å². The topological polar surface area (TPSA) is 102 Å². The lowest BCUT2D eigenvalue weighted by molar-refractivity contribution is -0.154. The Labute approximate surface area is 156 Å². The number of likely N-dealkylation sites (tertiary alicyclic amines) is 1. The summed E-state index contributed by atoms with van der Waals surface area (Å²) >= 11 is 0. The fraction of sp³-hybridized carbons (Fsp3) is 0.368. The van der Waals surface area contributed by atoms with E-state index in [9.17, 15) is 19.2 Å². The minimum atomic E-state index is -0.798. The molecule has 1 fully saturated rings. The zero-order chi connectivity index (χ0) is 19.4. The number of hydrogen-bond acceptors (Lipinski definition) is 6. The summed E-state index contributed by atoms with van der Waals surface area (Å²) in [4.78, 5) is 49.3. The minimum Gasteiger partial charge on any atom is -0.497 e. The van der Waals surface area contributed by atoms with Crippen LogP contribution in [0.2, 0.25) is 0 Å². The summed E-state index contributed by atoms with van der Waals surface area (Å²) in [5.41, 5.74) is 0.526. The van der Waals surface area contributed by atoms with Gasteiger partial charge in [0.05, 0.1) is 18.9 Å². The largest absolute Gasteiger partial charge is 0.497 e. The number of ether oxygens (including phenoxy) is 2. The van der Waals surface area contributed by atoms with E-state index in [1.807, 2.05) is 12.2 Å². The van der Waals surface area contributed by atoms with E-state index in [4.69, 9.17) is 9.47 Å². The lowest BCUT2D eigenvalue weighted by Crippen LogP contribution is -2.37. The van der Waals surface area contributed by atoms with Crippen LogP contribution in [0.4, 0.5) is 5.69 Å². The number of imide groups is 1. The number of hydrogen-bond donors (Lipinski definition) is 1. The number of allylic oxidation sites excluding steroid dienone is 2. The Hall–Kier alpha value is -3.16. The molecule has 1 aromatic carbocycles. The third-order valence-electron chi connectivity index (χ3n) is 4.62. The molecule has 3 amide bonds. The fourth-order valence-electron chi connectivity index (χ4n) is 3.22. The standard InChI is InChI=1S/C19H20N2O6/c1-26-13-8-6-12(7-9-13)20-16(22)11-27-17(23)10-21-18(24)14-4-2-3-5-15(14)19(21)25/h2-3,6-9,14-15H,4-5,10-11H2,1H3,(H,20,22)/t14-,15-/m1/s1. The number of fused-ring (bicyclic) bond motifs is 1. The van der Waals surface area contributed by atoms with Gasteiger partial charge in [0.15, 0.2) is 6.61 Å². The molecule has 2 atom stereocenters. The van der Waals surface area contributed by atoms with Crippen LogP contribution < -0.4 is 10.1 Å². The summed E-state index contributed by atoms with van der Waals surface area (Å²) in [5.74, 6) is -2.17. The highest BCUT2D eigenvalue weighted by molar-refractivity contribution is 6.07. The number of benzene rings is 1. The third-order valence-corrected chi connectivity index (χ3v) is 4.62. The maximum absolute atomic E-state index is 12.3. The molecule has 1 N–H and O–H groups in total. The van der Waals surface area contributed by atoms with Crippen LogP contribution in [-0.2, 0) is 23.9 Å². The van der Waals surface area contributed by atoms with Crippen LogP contribution >= 0.6 is 0 Å². The van der Waals surface area contributed by atoms with Crippen molar-refractivity contribution in [2.75, 3.05) is 25.6 Å². The maximum Gasteiger partial charge on any atom is 0.326 e. The number of anilines is 1. The molecule has 1 aliphatic carbocycles. The Morgan fingerprint density at radius 2 is 1.67 bits per heavy atom. The summed E-state index contributed by atoms with van der Waals surface area (Å²) in [6.07, 6.45) is 4.76. The van der Waals surface area contributed by atoms with Crippen LogP contribution in [0.5, 0.6) is 5.75 Å². The molecule has 3 rings (SSSR count). The van der Waals surface area contributed by atoms with Gasteiger partial charge in [-0.05, 0) is 37.1 Å². The molecule has 1 aliphatic heterocycles. The SMILES string of the molecule is COc1ccc(NC(=O)COC(=O)CN2C(=O)[C@@H]3CC=CC[C@H]3C2=O)cc1. The number of rotatable bonds is 6. The van der Waals surface area contributed by atoms with Gasteiger partial charge in [-0.3, -0.25) is 24.1 Å². The van der Waals surface area contributed by atoms with E-state index in [1.165, 1.54) is 7.11 Å². The van der Waals surface area contributed by atoms with Crippen LogP contribution in [0.15, 0.2) is 36.4 Å². The molecule has 1 heterocycles. The Morgan fingerprint density at radius 3 is 2.22 bits per heavy atom. The molecule has 8 nitrogen and oxygen atoms in total. The van der Waals surface area contributed by atoms with Crippen molar-refractivity contribution in [2.45, 2.75) is 12.8 Å². The van der Waals surface area contributed by atoms with Crippen molar-refractivity contribution in [3.8, 4) is 5.75 Å². The van der Waals surface area contributed by atoms with E-state index in [0.29, 0.717) is 24.3 Å². The Balaban J connectivity index is 1.47. The Morgan fingerprint density at radius 1 is 1.07 bits per heavy atom. The van der Waals surface area contributed by atoms with E-state index in [0.717, 1.165) is 4.90 Å². The van der Waals surface area contributed by atoms with E-state index >= 15 is 0 Å². The molecule has 8 heteroatoms. The summed E-state index contributed by atoms with van der Waals surface area (Å²) in [7, 11) is 1.54. The van der Waals surface area contributed by atoms with Gasteiger partial charge in [-0.2, -0.15) is 0 Å². The van der Waals surface area contributed by atoms with E-state index in [1.54, 1.807) is 24.3 Å². The van der Waals surface area contributed by atoms with Gasteiger partial charge in [0, 0.05) is 5.69 Å². The molecular weight excluding hydrogens is 352 g/mol. The lowest BCUT2D eigenvalue weighted by Gasteiger charge is -2.14. The highest BCUT2D eigenvalue weighted by Gasteiger charge is 2.47. The average molecular weight is 372 g/mol. The molecule has 27 heavy (non-hydrogen) atoms. The zero-order valence-corrected chi connectivity index (χ0v) is 14.8. The van der Waals surface area contributed by atoms with Gasteiger partial charge in [0.2, 0.25) is 11.8 Å². The number of amides is 3. The predicted octanol–water partition coefficient (Wildman–Crippen LogP) is 1.13. The molecule has 142 valence electrons. The Kier molecular flexibility index (Phi) is 5.54. The highest BCUT2D eigenvalue weighted by Crippen LogP contribution is 2.34. The van der Waals surface area contributed by atoms with Crippen LogP contribution in [-0.4, -0.2) is 48.9 Å². The maximum atomic E-state index is 12.3. The quantitative estimate of drug-likeness (QED) is 0.456. The first-order valence-electron chi connectivity index (χ1n) is 8.59. The van der Waals surface area contributed by atoms with Crippen molar-refractivity contribution < 1.29 is 28.7 Å². The molecule has 0 spiro atoms. The normalized spacial score (nSPS) is 21.0. The first-order valence-corrected chi connectivity index (χ1v) is 8.59. The molecule has 1 saturated heterocycles. The summed E-state index contributed by atoms with van der Waals surface area (Å²) in [6.45, 7) is -0.976. The van der Waals surface area contributed by atoms with E-state index in [-0.39, 0.29) is 11.8 Å². The summed E-state index contributed by atoms with van der Waals surface area (Å²) in [6, 6.07) is 6.66. The van der Waals surface area contributed by atoms with Crippen LogP contribution in [0, 0.1) is 11.8 Å². The molecular formula is C19H20N2O6. The first-order chi connectivity index (χ1) is 13.0. The number of nitrogens with zero attached hydrogens (tertiary/aromatic N) is 1. The number of carbonyl (C=O) groups excluding carboxylic acids is 4. The smallest absolute Gasteiger partial charge is 0.326 e. The fourth-order valence-corrected chi connectivity index (χ4v) is 3.22. The number of methoxy groups -OCH3 is 1. The van der Waals surface area contributed by atoms with Crippen molar-refractivity contribution >= 4 is 29.4 Å². The van der Waals surface area contributed by atoms with Crippen molar-refractivity contribution in [1.82, 2.24) is 4.90 Å². The van der Waals surface area contributed by atoms with Gasteiger partial charge < -0.3 is 14.8 Å². The average Bonchev–Trinajstić information content (AvgIpc) is 2.92. The van der Waals surface area contributed by atoms with Crippen LogP contribution in [0.3, 0.4) is 0 Å². The van der Waals surface area contributed by atoms with Gasteiger partial charge in [0.1, 0.15) is 12.3 Å². The van der Waals surface area contributed by atoms with Crippen molar-refractivity contribution in [3.05, 3.63) is 36.4 Å². The van der Waals surface area contributed by atoms with Gasteiger partial charge in [-0.1, -0.05) is 12.2 Å². The zero-order valence-electron chi connectivity index (χ0n) is 14.8. The molecule has 2 aliphatic rings. The van der Waals surface area contributed by atoms with Gasteiger partial charge in [0.25, 0.3) is 5.91 Å². The number of carbonyl (C=O) groups is 4. The van der Waals surface area contributed by atoms with Gasteiger partial charge >= 0.3 is 5.97 Å². The van der Waals surface area contributed by atoms with Crippen molar-refractivity contribution in [1.29, 1.82) is 0 Å². The van der Waals surface area contributed by atoms with Crippen LogP contribution in [0.25, 0.3) is 0 Å². The van der Waals surface area contributed by atoms with E-state index in [2.05, 4.69) is 5.32 Å². The predicted molar refractivity (Wildman–Crippen MR) is 94.7 cm³/mol. The van der Waals surface area contributed by atoms with Crippen molar-refractivity contribution in [3.63, 3.8) is 0 Å². The molecule has 0 saturated carbocycles. The van der Waals surface area contributed by atoms with Crippen molar-refractivity contribution in [2.24, 2.45) is 11.8 Å². The van der Waals surface area contributed by atoms with Gasteiger partial charge in [-0.25, -0.2) is 0 Å². The third kappa shape index (κ3) is 4.16. The summed E-state index contributed by atoms with van der Waals surface area (Å²) in [5, 5.41) is 2.57. The van der Waals surface area contributed by atoms with E-state index < -0.39 is 36.9 Å². The molecule has 0 bridgehead atoms. The number of nitrogens with one attached hydrogen (secondary N) is 1.